The van der Waals surface area contributed by atoms with Gasteiger partial charge in [-0.1, -0.05) is 56.3 Å². The van der Waals surface area contributed by atoms with Crippen LogP contribution < -0.4 is 10.2 Å². The number of hydrogen-bond acceptors (Lipinski definition) is 2. The zero-order valence-electron chi connectivity index (χ0n) is 20.6. The molecule has 2 aromatic carbocycles. The highest BCUT2D eigenvalue weighted by Gasteiger charge is 2.43. The molecule has 3 heteroatoms. The first-order valence-electron chi connectivity index (χ1n) is 11.9. The summed E-state index contributed by atoms with van der Waals surface area (Å²) in [5.74, 6) is 0. The molecule has 4 rings (SSSR count). The summed E-state index contributed by atoms with van der Waals surface area (Å²) in [6.07, 6.45) is 9.29. The van der Waals surface area contributed by atoms with E-state index in [0.717, 1.165) is 13.1 Å². The van der Waals surface area contributed by atoms with Crippen LogP contribution in [0.25, 0.3) is 0 Å². The molecule has 0 saturated carbocycles. The van der Waals surface area contributed by atoms with Crippen LogP contribution in [0.4, 0.5) is 11.4 Å². The maximum absolute atomic E-state index is 3.27. The van der Waals surface area contributed by atoms with E-state index >= 15 is 0 Å². The van der Waals surface area contributed by atoms with Crippen molar-refractivity contribution in [1.82, 2.24) is 5.32 Å². The summed E-state index contributed by atoms with van der Waals surface area (Å²) >= 11 is 0. The molecule has 0 radical (unpaired) electrons. The van der Waals surface area contributed by atoms with E-state index in [1.165, 1.54) is 46.8 Å². The van der Waals surface area contributed by atoms with Gasteiger partial charge in [0.25, 0.3) is 0 Å². The first-order chi connectivity index (χ1) is 15.3. The van der Waals surface area contributed by atoms with Crippen LogP contribution in [-0.4, -0.2) is 37.5 Å². The Bertz CT molecular complexity index is 1090. The number of fused-ring (bicyclic) bond motifs is 2. The van der Waals surface area contributed by atoms with E-state index in [-0.39, 0.29) is 10.8 Å². The zero-order chi connectivity index (χ0) is 22.9. The minimum absolute atomic E-state index is 0.00134. The molecule has 2 aliphatic heterocycles. The lowest BCUT2D eigenvalue weighted by atomic mass is 9.81. The predicted octanol–water partition coefficient (Wildman–Crippen LogP) is 5.93. The van der Waals surface area contributed by atoms with Crippen molar-refractivity contribution in [2.75, 3.05) is 32.1 Å². The average Bonchev–Trinajstić information content (AvgIpc) is 3.11. The van der Waals surface area contributed by atoms with Crippen LogP contribution in [-0.2, 0) is 10.8 Å². The van der Waals surface area contributed by atoms with Gasteiger partial charge in [-0.25, -0.2) is 0 Å². The number of anilines is 1. The van der Waals surface area contributed by atoms with E-state index in [1.54, 1.807) is 0 Å². The van der Waals surface area contributed by atoms with Crippen molar-refractivity contribution in [3.63, 3.8) is 0 Å². The zero-order valence-corrected chi connectivity index (χ0v) is 20.6. The fraction of sp³-hybridized carbons (Fsp3) is 0.414. The van der Waals surface area contributed by atoms with Crippen molar-refractivity contribution < 1.29 is 4.58 Å². The fourth-order valence-electron chi connectivity index (χ4n) is 5.49. The third-order valence-electron chi connectivity index (χ3n) is 7.31. The Balaban J connectivity index is 1.66. The molecular weight excluding hydrogens is 390 g/mol. The Morgan fingerprint density at radius 3 is 2.31 bits per heavy atom. The number of nitrogens with zero attached hydrogens (tertiary/aromatic N) is 2. The highest BCUT2D eigenvalue weighted by molar-refractivity contribution is 6.03. The molecule has 0 amide bonds. The molecule has 0 bridgehead atoms. The van der Waals surface area contributed by atoms with Gasteiger partial charge in [-0.15, -0.1) is 0 Å². The molecule has 0 aliphatic carbocycles. The molecule has 0 saturated heterocycles. The van der Waals surface area contributed by atoms with Crippen LogP contribution in [0.5, 0.6) is 0 Å². The predicted molar refractivity (Wildman–Crippen MR) is 138 cm³/mol. The van der Waals surface area contributed by atoms with Gasteiger partial charge in [-0.05, 0) is 58.0 Å². The lowest BCUT2D eigenvalue weighted by Crippen LogP contribution is -2.28. The fourth-order valence-corrected chi connectivity index (χ4v) is 5.49. The molecule has 0 fully saturated rings. The van der Waals surface area contributed by atoms with E-state index in [1.807, 2.05) is 7.05 Å². The Morgan fingerprint density at radius 1 is 0.906 bits per heavy atom. The van der Waals surface area contributed by atoms with Gasteiger partial charge in [0.15, 0.2) is 5.71 Å². The van der Waals surface area contributed by atoms with E-state index in [4.69, 9.17) is 0 Å². The Hall–Kier alpha value is -2.65. The minimum Gasteiger partial charge on any atom is -0.344 e. The molecule has 2 aliphatic rings. The Labute approximate surface area is 194 Å². The number of hydrogen-bond donors (Lipinski definition) is 1. The van der Waals surface area contributed by atoms with Gasteiger partial charge in [-0.2, -0.15) is 4.58 Å². The van der Waals surface area contributed by atoms with Crippen LogP contribution in [0.15, 0.2) is 72.5 Å². The van der Waals surface area contributed by atoms with Crippen molar-refractivity contribution in [3.05, 3.63) is 83.6 Å². The summed E-state index contributed by atoms with van der Waals surface area (Å²) in [7, 11) is 4.21. The lowest BCUT2D eigenvalue weighted by Gasteiger charge is -2.27. The smallest absolute Gasteiger partial charge is 0.209 e. The van der Waals surface area contributed by atoms with Gasteiger partial charge in [0.1, 0.15) is 7.05 Å². The van der Waals surface area contributed by atoms with Crippen molar-refractivity contribution in [1.29, 1.82) is 0 Å². The average molecular weight is 429 g/mol. The van der Waals surface area contributed by atoms with E-state index < -0.39 is 0 Å². The van der Waals surface area contributed by atoms with Crippen molar-refractivity contribution >= 4 is 17.1 Å². The van der Waals surface area contributed by atoms with Crippen LogP contribution >= 0.6 is 0 Å². The quantitative estimate of drug-likeness (QED) is 0.435. The molecule has 0 spiro atoms. The standard InChI is InChI=1S/C29H38N3/c1-28(2)22-14-7-9-16-24(22)31(6)26(28)18-13-19-27-29(3,4)23-15-8-10-17-25(23)32(27)21-12-11-20-30-5/h7-10,13-19,30H,11-12,20-21H2,1-6H3/q+1. The molecule has 2 heterocycles. The number of unbranched alkanes of at least 4 members (excludes halogenated alkanes) is 1. The molecule has 32 heavy (non-hydrogen) atoms. The Morgan fingerprint density at radius 2 is 1.59 bits per heavy atom. The number of nitrogens with one attached hydrogen (secondary N) is 1. The summed E-state index contributed by atoms with van der Waals surface area (Å²) < 4.78 is 2.34. The van der Waals surface area contributed by atoms with Gasteiger partial charge in [0, 0.05) is 41.1 Å². The second-order valence-electron chi connectivity index (χ2n) is 10.1. The first kappa shape index (κ1) is 22.5. The topological polar surface area (TPSA) is 18.3 Å². The SMILES string of the molecule is CNCCCCN1/C(=C/C=C/C2=[N+](C)c3ccccc3C2(C)C)C(C)(C)c2ccccc21. The van der Waals surface area contributed by atoms with Crippen LogP contribution in [0, 0.1) is 0 Å². The molecular formula is C29H38N3+. The van der Waals surface area contributed by atoms with Gasteiger partial charge in [0.05, 0.1) is 5.41 Å². The summed E-state index contributed by atoms with van der Waals surface area (Å²) in [6, 6.07) is 17.7. The van der Waals surface area contributed by atoms with E-state index in [9.17, 15) is 0 Å². The highest BCUT2D eigenvalue weighted by atomic mass is 15.2. The molecule has 0 aromatic heterocycles. The van der Waals surface area contributed by atoms with Gasteiger partial charge < -0.3 is 10.2 Å². The summed E-state index contributed by atoms with van der Waals surface area (Å²) in [4.78, 5) is 2.54. The largest absolute Gasteiger partial charge is 0.344 e. The number of benzene rings is 2. The van der Waals surface area contributed by atoms with Crippen LogP contribution in [0.3, 0.4) is 0 Å². The second-order valence-corrected chi connectivity index (χ2v) is 10.1. The highest BCUT2D eigenvalue weighted by Crippen LogP contribution is 2.47. The second kappa shape index (κ2) is 8.71. The molecule has 1 N–H and O–H groups in total. The maximum Gasteiger partial charge on any atom is 0.209 e. The summed E-state index contributed by atoms with van der Waals surface area (Å²) in [5, 5.41) is 3.27. The van der Waals surface area contributed by atoms with E-state index in [2.05, 4.69) is 116 Å². The first-order valence-corrected chi connectivity index (χ1v) is 11.9. The monoisotopic (exact) mass is 428 g/mol. The number of para-hydroxylation sites is 2. The Kier molecular flexibility index (Phi) is 6.13. The lowest BCUT2D eigenvalue weighted by molar-refractivity contribution is -0.401. The molecule has 2 aromatic rings. The van der Waals surface area contributed by atoms with Crippen molar-refractivity contribution in [2.24, 2.45) is 0 Å². The summed E-state index contributed by atoms with van der Waals surface area (Å²) in [5.41, 5.74) is 8.21. The molecule has 3 nitrogen and oxygen atoms in total. The molecule has 0 atom stereocenters. The number of rotatable bonds is 7. The maximum atomic E-state index is 3.27. The van der Waals surface area contributed by atoms with Gasteiger partial charge in [-0.3, -0.25) is 0 Å². The molecule has 168 valence electrons. The van der Waals surface area contributed by atoms with Crippen molar-refractivity contribution in [2.45, 2.75) is 51.4 Å². The van der Waals surface area contributed by atoms with Gasteiger partial charge >= 0.3 is 0 Å². The van der Waals surface area contributed by atoms with Gasteiger partial charge in [0.2, 0.25) is 5.69 Å². The number of allylic oxidation sites excluding steroid dienone is 4. The summed E-state index contributed by atoms with van der Waals surface area (Å²) in [6.45, 7) is 11.5. The third kappa shape index (κ3) is 3.73. The van der Waals surface area contributed by atoms with Crippen LogP contribution in [0.2, 0.25) is 0 Å². The normalized spacial score (nSPS) is 19.8. The van der Waals surface area contributed by atoms with Crippen molar-refractivity contribution in [3.8, 4) is 0 Å². The third-order valence-corrected chi connectivity index (χ3v) is 7.31. The van der Waals surface area contributed by atoms with E-state index in [0.29, 0.717) is 0 Å². The van der Waals surface area contributed by atoms with Crippen LogP contribution in [0.1, 0.15) is 51.7 Å². The minimum atomic E-state index is -0.00529. The molecule has 0 unspecified atom stereocenters.